The van der Waals surface area contributed by atoms with E-state index in [1.165, 1.54) is 17.3 Å². The van der Waals surface area contributed by atoms with Crippen LogP contribution in [0.2, 0.25) is 0 Å². The monoisotopic (exact) mass is 360 g/mol. The minimum atomic E-state index is -0.851. The van der Waals surface area contributed by atoms with E-state index in [0.717, 1.165) is 43.7 Å². The van der Waals surface area contributed by atoms with E-state index in [1.54, 1.807) is 11.0 Å². The van der Waals surface area contributed by atoms with Gasteiger partial charge >= 0.3 is 0 Å². The van der Waals surface area contributed by atoms with Crippen LogP contribution in [0, 0.1) is 18.6 Å². The molecule has 0 fully saturated rings. The van der Waals surface area contributed by atoms with Gasteiger partial charge in [0.15, 0.2) is 11.6 Å². The third-order valence-corrected chi connectivity index (χ3v) is 5.28. The smallest absolute Gasteiger partial charge is 0.270 e. The molecule has 1 aromatic heterocycles. The fraction of sp³-hybridized carbons (Fsp3) is 0.476. The predicted octanol–water partition coefficient (Wildman–Crippen LogP) is 4.48. The van der Waals surface area contributed by atoms with Crippen molar-refractivity contribution in [2.45, 2.75) is 52.5 Å². The Hall–Kier alpha value is -2.17. The van der Waals surface area contributed by atoms with E-state index in [1.807, 2.05) is 25.5 Å². The molecule has 3 rings (SSSR count). The van der Waals surface area contributed by atoms with Crippen LogP contribution in [-0.4, -0.2) is 29.0 Å². The molecule has 1 aromatic carbocycles. The number of hydrogen-bond acceptors (Lipinski definition) is 1. The number of fused-ring (bicyclic) bond motifs is 1. The predicted molar refractivity (Wildman–Crippen MR) is 98.5 cm³/mol. The first-order valence-electron chi connectivity index (χ1n) is 9.34. The van der Waals surface area contributed by atoms with Crippen LogP contribution in [0.25, 0.3) is 0 Å². The maximum Gasteiger partial charge on any atom is 0.270 e. The lowest BCUT2D eigenvalue weighted by atomic mass is 9.95. The standard InChI is InChI=1S/C21H26F2N2O/c1-4-11-24(3)21(26)20-14(2)16-7-5-6-8-19(16)25(20)13-15-9-10-17(22)18(23)12-15/h9-10,12H,4-8,11,13H2,1-3H3. The molecule has 1 aliphatic carbocycles. The first-order chi connectivity index (χ1) is 12.4. The number of carbonyl (C=O) groups is 1. The van der Waals surface area contributed by atoms with E-state index in [9.17, 15) is 13.6 Å². The summed E-state index contributed by atoms with van der Waals surface area (Å²) >= 11 is 0. The second-order valence-electron chi connectivity index (χ2n) is 7.17. The maximum atomic E-state index is 13.7. The zero-order chi connectivity index (χ0) is 18.8. The Morgan fingerprint density at radius 2 is 1.92 bits per heavy atom. The third kappa shape index (κ3) is 3.39. The van der Waals surface area contributed by atoms with Gasteiger partial charge in [-0.25, -0.2) is 8.78 Å². The molecule has 2 aromatic rings. The molecule has 1 heterocycles. The minimum Gasteiger partial charge on any atom is -0.340 e. The van der Waals surface area contributed by atoms with Gasteiger partial charge in [-0.1, -0.05) is 13.0 Å². The summed E-state index contributed by atoms with van der Waals surface area (Å²) < 4.78 is 29.0. The highest BCUT2D eigenvalue weighted by Crippen LogP contribution is 2.31. The summed E-state index contributed by atoms with van der Waals surface area (Å²) in [5.74, 6) is -1.70. The van der Waals surface area contributed by atoms with Gasteiger partial charge < -0.3 is 9.47 Å². The summed E-state index contributed by atoms with van der Waals surface area (Å²) in [5.41, 5.74) is 4.83. The number of hydrogen-bond donors (Lipinski definition) is 0. The second kappa shape index (κ2) is 7.60. The molecule has 0 radical (unpaired) electrons. The molecule has 5 heteroatoms. The zero-order valence-corrected chi connectivity index (χ0v) is 15.7. The van der Waals surface area contributed by atoms with E-state index in [4.69, 9.17) is 0 Å². The van der Waals surface area contributed by atoms with Gasteiger partial charge in [0.2, 0.25) is 0 Å². The highest BCUT2D eigenvalue weighted by atomic mass is 19.2. The lowest BCUT2D eigenvalue weighted by molar-refractivity contribution is 0.0784. The third-order valence-electron chi connectivity index (χ3n) is 5.28. The molecule has 0 saturated heterocycles. The quantitative estimate of drug-likeness (QED) is 0.772. The normalized spacial score (nSPS) is 13.6. The topological polar surface area (TPSA) is 25.2 Å². The first-order valence-corrected chi connectivity index (χ1v) is 9.34. The van der Waals surface area contributed by atoms with Crippen LogP contribution in [0.1, 0.15) is 59.1 Å². The molecular weight excluding hydrogens is 334 g/mol. The van der Waals surface area contributed by atoms with Crippen molar-refractivity contribution in [1.82, 2.24) is 9.47 Å². The van der Waals surface area contributed by atoms with Gasteiger partial charge in [0.1, 0.15) is 5.69 Å². The first kappa shape index (κ1) is 18.6. The van der Waals surface area contributed by atoms with Gasteiger partial charge in [0, 0.05) is 25.8 Å². The zero-order valence-electron chi connectivity index (χ0n) is 15.7. The molecule has 140 valence electrons. The molecule has 0 unspecified atom stereocenters. The van der Waals surface area contributed by atoms with Crippen molar-refractivity contribution >= 4 is 5.91 Å². The molecule has 0 atom stereocenters. The molecule has 26 heavy (non-hydrogen) atoms. The summed E-state index contributed by atoms with van der Waals surface area (Å²) in [6, 6.07) is 3.97. The average Bonchev–Trinajstić information content (AvgIpc) is 2.90. The number of halogens is 2. The molecule has 1 aliphatic rings. The van der Waals surface area contributed by atoms with Crippen molar-refractivity contribution in [3.63, 3.8) is 0 Å². The summed E-state index contributed by atoms with van der Waals surface area (Å²) in [6.07, 6.45) is 5.01. The lowest BCUT2D eigenvalue weighted by Crippen LogP contribution is -2.30. The van der Waals surface area contributed by atoms with E-state index >= 15 is 0 Å². The highest BCUT2D eigenvalue weighted by Gasteiger charge is 2.27. The maximum absolute atomic E-state index is 13.7. The molecule has 0 aliphatic heterocycles. The summed E-state index contributed by atoms with van der Waals surface area (Å²) in [6.45, 7) is 5.13. The summed E-state index contributed by atoms with van der Waals surface area (Å²) in [7, 11) is 1.82. The van der Waals surface area contributed by atoms with Crippen molar-refractivity contribution in [3.8, 4) is 0 Å². The van der Waals surface area contributed by atoms with Gasteiger partial charge in [-0.15, -0.1) is 0 Å². The van der Waals surface area contributed by atoms with E-state index in [2.05, 4.69) is 0 Å². The molecule has 0 N–H and O–H groups in total. The van der Waals surface area contributed by atoms with Crippen molar-refractivity contribution in [1.29, 1.82) is 0 Å². The average molecular weight is 360 g/mol. The van der Waals surface area contributed by atoms with Gasteiger partial charge in [-0.05, 0) is 67.9 Å². The van der Waals surface area contributed by atoms with E-state index in [0.29, 0.717) is 24.3 Å². The Morgan fingerprint density at radius 3 is 2.62 bits per heavy atom. The molecule has 0 spiro atoms. The Labute approximate surface area is 153 Å². The molecular formula is C21H26F2N2O. The van der Waals surface area contributed by atoms with Gasteiger partial charge in [-0.3, -0.25) is 4.79 Å². The number of carbonyl (C=O) groups excluding carboxylic acids is 1. The molecule has 0 bridgehead atoms. The van der Waals surface area contributed by atoms with E-state index < -0.39 is 11.6 Å². The fourth-order valence-corrected chi connectivity index (χ4v) is 3.96. The Morgan fingerprint density at radius 1 is 1.19 bits per heavy atom. The van der Waals surface area contributed by atoms with Crippen LogP contribution in [0.3, 0.4) is 0 Å². The van der Waals surface area contributed by atoms with Crippen LogP contribution in [0.5, 0.6) is 0 Å². The highest BCUT2D eigenvalue weighted by molar-refractivity contribution is 5.95. The van der Waals surface area contributed by atoms with Crippen molar-refractivity contribution in [2.24, 2.45) is 0 Å². The van der Waals surface area contributed by atoms with Crippen LogP contribution < -0.4 is 0 Å². The largest absolute Gasteiger partial charge is 0.340 e. The number of aromatic nitrogens is 1. The van der Waals surface area contributed by atoms with E-state index in [-0.39, 0.29) is 5.91 Å². The molecule has 1 amide bonds. The Kier molecular flexibility index (Phi) is 5.44. The Bertz CT molecular complexity index is 826. The van der Waals surface area contributed by atoms with Gasteiger partial charge in [0.25, 0.3) is 5.91 Å². The molecule has 0 saturated carbocycles. The number of rotatable bonds is 5. The molecule has 3 nitrogen and oxygen atoms in total. The van der Waals surface area contributed by atoms with Gasteiger partial charge in [0.05, 0.1) is 0 Å². The van der Waals surface area contributed by atoms with Crippen molar-refractivity contribution in [3.05, 3.63) is 57.9 Å². The number of nitrogens with zero attached hydrogens (tertiary/aromatic N) is 2. The lowest BCUT2D eigenvalue weighted by Gasteiger charge is -2.20. The van der Waals surface area contributed by atoms with Crippen molar-refractivity contribution in [2.75, 3.05) is 13.6 Å². The summed E-state index contributed by atoms with van der Waals surface area (Å²) in [5, 5.41) is 0. The summed E-state index contributed by atoms with van der Waals surface area (Å²) in [4.78, 5) is 14.8. The number of amides is 1. The SMILES string of the molecule is CCCN(C)C(=O)c1c(C)c2c(n1Cc1ccc(F)c(F)c1)CCCC2. The second-order valence-corrected chi connectivity index (χ2v) is 7.17. The fourth-order valence-electron chi connectivity index (χ4n) is 3.96. The van der Waals surface area contributed by atoms with Crippen LogP contribution in [0.4, 0.5) is 8.78 Å². The van der Waals surface area contributed by atoms with Crippen LogP contribution in [-0.2, 0) is 19.4 Å². The number of benzene rings is 1. The minimum absolute atomic E-state index is 0.00123. The van der Waals surface area contributed by atoms with Crippen LogP contribution >= 0.6 is 0 Å². The van der Waals surface area contributed by atoms with Gasteiger partial charge in [-0.2, -0.15) is 0 Å². The Balaban J connectivity index is 2.06. The van der Waals surface area contributed by atoms with Crippen LogP contribution in [0.15, 0.2) is 18.2 Å². The van der Waals surface area contributed by atoms with Crippen molar-refractivity contribution < 1.29 is 13.6 Å².